The lowest BCUT2D eigenvalue weighted by atomic mass is 9.76. The smallest absolute Gasteiger partial charge is 0.417 e. The Hall–Kier alpha value is -3.54. The minimum absolute atomic E-state index is 0.0554. The number of methoxy groups -OCH3 is 1. The van der Waals surface area contributed by atoms with E-state index in [1.807, 2.05) is 0 Å². The topological polar surface area (TPSA) is 92.3 Å². The molecule has 12 heteroatoms. The lowest BCUT2D eigenvalue weighted by molar-refractivity contribution is -0.275. The van der Waals surface area contributed by atoms with Gasteiger partial charge in [0.05, 0.1) is 25.3 Å². The van der Waals surface area contributed by atoms with Crippen LogP contribution in [0.3, 0.4) is 0 Å². The summed E-state index contributed by atoms with van der Waals surface area (Å²) in [5, 5.41) is 0. The predicted octanol–water partition coefficient (Wildman–Crippen LogP) is 4.72. The van der Waals surface area contributed by atoms with Gasteiger partial charge >= 0.3 is 6.18 Å². The Morgan fingerprint density at radius 1 is 1.27 bits per heavy atom. The van der Waals surface area contributed by atoms with Crippen LogP contribution in [0.1, 0.15) is 53.2 Å². The van der Waals surface area contributed by atoms with Crippen molar-refractivity contribution < 1.29 is 36.2 Å². The Balaban J connectivity index is 1.75. The third-order valence-electron chi connectivity index (χ3n) is 7.07. The Labute approximate surface area is 209 Å². The van der Waals surface area contributed by atoms with Crippen molar-refractivity contribution >= 4 is 5.91 Å². The zero-order valence-corrected chi connectivity index (χ0v) is 20.2. The van der Waals surface area contributed by atoms with Crippen LogP contribution in [0.5, 0.6) is 5.75 Å². The third kappa shape index (κ3) is 4.65. The van der Waals surface area contributed by atoms with Crippen LogP contribution in [-0.4, -0.2) is 39.3 Å². The van der Waals surface area contributed by atoms with Crippen molar-refractivity contribution in [2.24, 2.45) is 11.7 Å². The minimum Gasteiger partial charge on any atom is -0.493 e. The maximum Gasteiger partial charge on any atom is 0.417 e. The maximum atomic E-state index is 14.6. The number of rotatable bonds is 7. The summed E-state index contributed by atoms with van der Waals surface area (Å²) in [6, 6.07) is 5.30. The quantitative estimate of drug-likeness (QED) is 0.452. The summed E-state index contributed by atoms with van der Waals surface area (Å²) < 4.78 is 83.7. The van der Waals surface area contributed by atoms with Gasteiger partial charge < -0.3 is 19.8 Å². The van der Waals surface area contributed by atoms with Crippen molar-refractivity contribution in [2.45, 2.75) is 50.6 Å². The number of nitrogens with two attached hydrogens (primary N) is 1. The van der Waals surface area contributed by atoms with E-state index in [0.29, 0.717) is 12.1 Å². The highest BCUT2D eigenvalue weighted by Crippen LogP contribution is 2.59. The van der Waals surface area contributed by atoms with Crippen LogP contribution < -0.4 is 10.5 Å². The van der Waals surface area contributed by atoms with Gasteiger partial charge in [-0.05, 0) is 37.1 Å². The molecule has 4 rings (SSSR count). The fourth-order valence-electron chi connectivity index (χ4n) is 4.84. The number of hydrogen-bond donors (Lipinski definition) is 1. The Morgan fingerprint density at radius 3 is 2.65 bits per heavy atom. The molecule has 0 saturated carbocycles. The number of amides is 1. The summed E-state index contributed by atoms with van der Waals surface area (Å²) in [4.78, 5) is 19.4. The number of pyridine rings is 1. The number of halogens is 5. The van der Waals surface area contributed by atoms with Crippen LogP contribution in [-0.2, 0) is 17.7 Å². The van der Waals surface area contributed by atoms with Gasteiger partial charge in [-0.2, -0.15) is 17.6 Å². The molecule has 1 aromatic carbocycles. The van der Waals surface area contributed by atoms with E-state index in [2.05, 4.69) is 9.97 Å². The van der Waals surface area contributed by atoms with Crippen molar-refractivity contribution in [1.29, 1.82) is 0 Å². The van der Waals surface area contributed by atoms with Crippen LogP contribution in [0.25, 0.3) is 0 Å². The van der Waals surface area contributed by atoms with E-state index in [4.69, 9.17) is 15.2 Å². The molecule has 7 nitrogen and oxygen atoms in total. The molecule has 198 valence electrons. The number of aromatic nitrogens is 3. The SMILES string of the molecule is COc1c([C@@H]2[C@@H](c3cncn3CCc3ccnc(C(N)=O)c3)O[C@](C)(C(F)(F)F)[C@@H]2C)ccc(F)c1F. The van der Waals surface area contributed by atoms with Crippen LogP contribution >= 0.6 is 0 Å². The van der Waals surface area contributed by atoms with Crippen molar-refractivity contribution in [3.05, 3.63) is 77.1 Å². The predicted molar refractivity (Wildman–Crippen MR) is 122 cm³/mol. The molecule has 1 fully saturated rings. The van der Waals surface area contributed by atoms with Gasteiger partial charge in [-0.15, -0.1) is 0 Å². The molecule has 0 bridgehead atoms. The van der Waals surface area contributed by atoms with Crippen molar-refractivity contribution in [3.63, 3.8) is 0 Å². The van der Waals surface area contributed by atoms with Crippen LogP contribution in [0.15, 0.2) is 43.0 Å². The molecular weight excluding hydrogens is 499 g/mol. The number of benzene rings is 1. The summed E-state index contributed by atoms with van der Waals surface area (Å²) in [6.07, 6.45) is -1.31. The zero-order chi connectivity index (χ0) is 27.1. The van der Waals surface area contributed by atoms with Gasteiger partial charge in [0.25, 0.3) is 5.91 Å². The van der Waals surface area contributed by atoms with Gasteiger partial charge in [-0.3, -0.25) is 9.78 Å². The van der Waals surface area contributed by atoms with E-state index < -0.39 is 53.0 Å². The van der Waals surface area contributed by atoms with Crippen LogP contribution in [0.4, 0.5) is 22.0 Å². The Kier molecular flexibility index (Phi) is 6.97. The molecule has 0 aliphatic carbocycles. The molecule has 3 aromatic rings. The molecule has 4 atom stereocenters. The Bertz CT molecular complexity index is 1310. The summed E-state index contributed by atoms with van der Waals surface area (Å²) in [5.74, 6) is -5.87. The molecule has 3 heterocycles. The summed E-state index contributed by atoms with van der Waals surface area (Å²) >= 11 is 0. The maximum absolute atomic E-state index is 14.6. The standard InChI is InChI=1S/C25H25F5N4O3/c1-13-19(15-4-5-16(26)20(27)21(15)36-3)22(37-24(13,2)25(28,29)30)18-11-32-12-34(18)9-7-14-6-8-33-17(10-14)23(31)35/h4-6,8,10-13,19,22H,7,9H2,1-3H3,(H2,31,35)/t13-,19-,22-,24+/m1/s1. The molecule has 1 saturated heterocycles. The fourth-order valence-corrected chi connectivity index (χ4v) is 4.84. The lowest BCUT2D eigenvalue weighted by Gasteiger charge is -2.32. The minimum atomic E-state index is -4.75. The molecule has 0 radical (unpaired) electrons. The number of imidazole rings is 1. The highest BCUT2D eigenvalue weighted by molar-refractivity contribution is 5.90. The molecular formula is C25H25F5N4O3. The van der Waals surface area contributed by atoms with E-state index in [0.717, 1.165) is 25.7 Å². The average molecular weight is 524 g/mol. The first-order chi connectivity index (χ1) is 17.4. The molecule has 2 aromatic heterocycles. The molecule has 37 heavy (non-hydrogen) atoms. The van der Waals surface area contributed by atoms with E-state index in [1.54, 1.807) is 10.6 Å². The molecule has 1 aliphatic rings. The second kappa shape index (κ2) is 9.73. The van der Waals surface area contributed by atoms with Crippen molar-refractivity contribution in [2.75, 3.05) is 7.11 Å². The van der Waals surface area contributed by atoms with Crippen molar-refractivity contribution in [3.8, 4) is 5.75 Å². The second-order valence-electron chi connectivity index (χ2n) is 9.12. The highest BCUT2D eigenvalue weighted by Gasteiger charge is 2.65. The normalized spacial score (nSPS) is 23.8. The molecule has 0 unspecified atom stereocenters. The number of hydrogen-bond acceptors (Lipinski definition) is 5. The number of aryl methyl sites for hydroxylation is 2. The highest BCUT2D eigenvalue weighted by atomic mass is 19.4. The van der Waals surface area contributed by atoms with Gasteiger partial charge in [0, 0.05) is 30.1 Å². The number of carbonyl (C=O) groups is 1. The van der Waals surface area contributed by atoms with E-state index >= 15 is 0 Å². The zero-order valence-electron chi connectivity index (χ0n) is 20.2. The first-order valence-corrected chi connectivity index (χ1v) is 11.4. The molecule has 2 N–H and O–H groups in total. The number of carbonyl (C=O) groups excluding carboxylic acids is 1. The number of nitrogens with zero attached hydrogens (tertiary/aromatic N) is 3. The van der Waals surface area contributed by atoms with Gasteiger partial charge in [0.1, 0.15) is 11.8 Å². The molecule has 0 spiro atoms. The lowest BCUT2D eigenvalue weighted by Crippen LogP contribution is -2.46. The van der Waals surface area contributed by atoms with Crippen molar-refractivity contribution in [1.82, 2.24) is 14.5 Å². The molecule has 1 amide bonds. The third-order valence-corrected chi connectivity index (χ3v) is 7.07. The fraction of sp³-hybridized carbons (Fsp3) is 0.400. The van der Waals surface area contributed by atoms with Crippen LogP contribution in [0.2, 0.25) is 0 Å². The monoisotopic (exact) mass is 524 g/mol. The van der Waals surface area contributed by atoms with Gasteiger partial charge in [-0.1, -0.05) is 13.0 Å². The largest absolute Gasteiger partial charge is 0.493 e. The summed E-state index contributed by atoms with van der Waals surface area (Å²) in [7, 11) is 1.12. The first kappa shape index (κ1) is 26.5. The number of primary amides is 1. The number of alkyl halides is 3. The van der Waals surface area contributed by atoms with Gasteiger partial charge in [-0.25, -0.2) is 9.37 Å². The van der Waals surface area contributed by atoms with E-state index in [-0.39, 0.29) is 17.8 Å². The van der Waals surface area contributed by atoms with E-state index in [1.165, 1.54) is 37.8 Å². The average Bonchev–Trinajstić information content (AvgIpc) is 3.42. The first-order valence-electron chi connectivity index (χ1n) is 11.4. The number of ether oxygens (including phenoxy) is 2. The molecule has 1 aliphatic heterocycles. The van der Waals surface area contributed by atoms with Gasteiger partial charge in [0.15, 0.2) is 17.2 Å². The van der Waals surface area contributed by atoms with E-state index in [9.17, 15) is 26.7 Å². The Morgan fingerprint density at radius 2 is 2.00 bits per heavy atom. The summed E-state index contributed by atoms with van der Waals surface area (Å²) in [6.45, 7) is 2.58. The second-order valence-corrected chi connectivity index (χ2v) is 9.12. The summed E-state index contributed by atoms with van der Waals surface area (Å²) in [5.41, 5.74) is 3.88. The van der Waals surface area contributed by atoms with Gasteiger partial charge in [0.2, 0.25) is 5.82 Å². The van der Waals surface area contributed by atoms with Crippen LogP contribution in [0, 0.1) is 17.6 Å².